The van der Waals surface area contributed by atoms with Gasteiger partial charge < -0.3 is 5.32 Å². The van der Waals surface area contributed by atoms with Crippen LogP contribution in [0.1, 0.15) is 44.4 Å². The molecule has 0 aliphatic rings. The second-order valence-corrected chi connectivity index (χ2v) is 7.85. The first-order valence-electron chi connectivity index (χ1n) is 7.49. The van der Waals surface area contributed by atoms with Gasteiger partial charge in [-0.25, -0.2) is 4.98 Å². The summed E-state index contributed by atoms with van der Waals surface area (Å²) in [6.45, 7) is 8.23. The number of rotatable bonds is 6. The van der Waals surface area contributed by atoms with Gasteiger partial charge in [0.05, 0.1) is 5.25 Å². The minimum Gasteiger partial charge on any atom is -0.325 e. The van der Waals surface area contributed by atoms with Crippen molar-refractivity contribution in [2.75, 3.05) is 5.32 Å². The van der Waals surface area contributed by atoms with E-state index < -0.39 is 0 Å². The van der Waals surface area contributed by atoms with E-state index in [1.165, 1.54) is 17.3 Å². The van der Waals surface area contributed by atoms with Gasteiger partial charge in [0.2, 0.25) is 5.91 Å². The molecule has 0 saturated heterocycles. The van der Waals surface area contributed by atoms with Crippen molar-refractivity contribution in [3.8, 4) is 0 Å². The van der Waals surface area contributed by atoms with Crippen molar-refractivity contribution in [2.45, 2.75) is 49.6 Å². The Hall–Kier alpha value is -1.33. The number of carbonyl (C=O) groups is 1. The highest BCUT2D eigenvalue weighted by molar-refractivity contribution is 8.02. The third-order valence-corrected chi connectivity index (χ3v) is 5.80. The number of carbonyl (C=O) groups excluding carboxylic acids is 1. The average Bonchev–Trinajstić information content (AvgIpc) is 2.92. The van der Waals surface area contributed by atoms with Crippen LogP contribution in [0.4, 0.5) is 5.69 Å². The van der Waals surface area contributed by atoms with Gasteiger partial charge in [0.15, 0.2) is 4.34 Å². The maximum absolute atomic E-state index is 12.4. The standard InChI is InChI=1S/C17H22N2OS2/c1-5-11(2)14-8-6-7-9-15(14)19-16(20)13(4)22-17-18-12(3)10-21-17/h6-11,13H,5H2,1-4H3,(H,19,20)/t11-,13-/m1/s1. The Balaban J connectivity index is 2.05. The number of nitrogens with one attached hydrogen (secondary N) is 1. The summed E-state index contributed by atoms with van der Waals surface area (Å²) in [5, 5.41) is 4.90. The molecule has 2 aromatic rings. The topological polar surface area (TPSA) is 42.0 Å². The van der Waals surface area contributed by atoms with Gasteiger partial charge in [0.25, 0.3) is 0 Å². The van der Waals surface area contributed by atoms with E-state index in [0.717, 1.165) is 22.1 Å². The minimum atomic E-state index is -0.171. The molecule has 1 amide bonds. The number of amides is 1. The fraction of sp³-hybridized carbons (Fsp3) is 0.412. The van der Waals surface area contributed by atoms with E-state index in [-0.39, 0.29) is 11.2 Å². The summed E-state index contributed by atoms with van der Waals surface area (Å²) in [4.78, 5) is 16.8. The molecule has 0 fully saturated rings. The molecule has 2 rings (SSSR count). The van der Waals surface area contributed by atoms with Crippen molar-refractivity contribution in [1.29, 1.82) is 0 Å². The Morgan fingerprint density at radius 3 is 2.73 bits per heavy atom. The van der Waals surface area contributed by atoms with Crippen LogP contribution < -0.4 is 5.32 Å². The molecule has 0 saturated carbocycles. The number of aryl methyl sites for hydroxylation is 1. The summed E-state index contributed by atoms with van der Waals surface area (Å²) in [6, 6.07) is 8.05. The van der Waals surface area contributed by atoms with Crippen LogP contribution in [0.5, 0.6) is 0 Å². The van der Waals surface area contributed by atoms with Gasteiger partial charge in [-0.05, 0) is 37.8 Å². The SMILES string of the molecule is CC[C@@H](C)c1ccccc1NC(=O)[C@@H](C)Sc1nc(C)cs1. The number of nitrogens with zero attached hydrogens (tertiary/aromatic N) is 1. The van der Waals surface area contributed by atoms with Crippen LogP contribution in [0.2, 0.25) is 0 Å². The van der Waals surface area contributed by atoms with Gasteiger partial charge in [0.1, 0.15) is 0 Å². The predicted molar refractivity (Wildman–Crippen MR) is 95.9 cm³/mol. The number of thioether (sulfide) groups is 1. The van der Waals surface area contributed by atoms with E-state index in [9.17, 15) is 4.79 Å². The molecule has 1 heterocycles. The molecule has 3 nitrogen and oxygen atoms in total. The molecular weight excluding hydrogens is 312 g/mol. The molecule has 2 atom stereocenters. The number of para-hydroxylation sites is 1. The summed E-state index contributed by atoms with van der Waals surface area (Å²) in [5.74, 6) is 0.453. The zero-order chi connectivity index (χ0) is 16.1. The van der Waals surface area contributed by atoms with Crippen LogP contribution in [0, 0.1) is 6.92 Å². The van der Waals surface area contributed by atoms with Crippen molar-refractivity contribution in [2.24, 2.45) is 0 Å². The first-order chi connectivity index (χ1) is 10.5. The predicted octanol–water partition coefficient (Wildman–Crippen LogP) is 5.08. The first-order valence-corrected chi connectivity index (χ1v) is 9.25. The van der Waals surface area contributed by atoms with Crippen molar-refractivity contribution in [3.05, 3.63) is 40.9 Å². The summed E-state index contributed by atoms with van der Waals surface area (Å²) < 4.78 is 0.940. The molecule has 1 aromatic carbocycles. The zero-order valence-electron chi connectivity index (χ0n) is 13.4. The van der Waals surface area contributed by atoms with Crippen LogP contribution in [0.3, 0.4) is 0 Å². The van der Waals surface area contributed by atoms with Crippen LogP contribution in [-0.4, -0.2) is 16.1 Å². The molecule has 1 aromatic heterocycles. The Morgan fingerprint density at radius 2 is 2.09 bits per heavy atom. The minimum absolute atomic E-state index is 0.0219. The zero-order valence-corrected chi connectivity index (χ0v) is 15.1. The Bertz CT molecular complexity index is 639. The third-order valence-electron chi connectivity index (χ3n) is 3.61. The van der Waals surface area contributed by atoms with Gasteiger partial charge in [-0.15, -0.1) is 11.3 Å². The van der Waals surface area contributed by atoms with Gasteiger partial charge in [0, 0.05) is 16.8 Å². The lowest BCUT2D eigenvalue weighted by Crippen LogP contribution is -2.23. The Labute approximate surface area is 140 Å². The number of thiazole rings is 1. The smallest absolute Gasteiger partial charge is 0.237 e. The lowest BCUT2D eigenvalue weighted by Gasteiger charge is -2.17. The molecule has 118 valence electrons. The highest BCUT2D eigenvalue weighted by Gasteiger charge is 2.18. The van der Waals surface area contributed by atoms with Gasteiger partial charge in [-0.3, -0.25) is 4.79 Å². The maximum Gasteiger partial charge on any atom is 0.237 e. The summed E-state index contributed by atoms with van der Waals surface area (Å²) in [5.41, 5.74) is 3.12. The first kappa shape index (κ1) is 17.0. The molecule has 22 heavy (non-hydrogen) atoms. The normalized spacial score (nSPS) is 13.6. The second-order valence-electron chi connectivity index (χ2n) is 5.40. The van der Waals surface area contributed by atoms with Gasteiger partial charge in [-0.2, -0.15) is 0 Å². The highest BCUT2D eigenvalue weighted by Crippen LogP contribution is 2.29. The van der Waals surface area contributed by atoms with Crippen molar-refractivity contribution in [1.82, 2.24) is 4.98 Å². The van der Waals surface area contributed by atoms with Crippen molar-refractivity contribution in [3.63, 3.8) is 0 Å². The molecule has 5 heteroatoms. The number of hydrogen-bond acceptors (Lipinski definition) is 4. The molecule has 0 aliphatic carbocycles. The number of aromatic nitrogens is 1. The second kappa shape index (κ2) is 7.79. The fourth-order valence-electron chi connectivity index (χ4n) is 2.09. The van der Waals surface area contributed by atoms with Crippen LogP contribution in [-0.2, 0) is 4.79 Å². The van der Waals surface area contributed by atoms with Crippen LogP contribution >= 0.6 is 23.1 Å². The highest BCUT2D eigenvalue weighted by atomic mass is 32.2. The maximum atomic E-state index is 12.4. The quantitative estimate of drug-likeness (QED) is 0.749. The van der Waals surface area contributed by atoms with E-state index >= 15 is 0 Å². The largest absolute Gasteiger partial charge is 0.325 e. The molecule has 0 aliphatic heterocycles. The lowest BCUT2D eigenvalue weighted by atomic mass is 9.97. The molecule has 0 unspecified atom stereocenters. The van der Waals surface area contributed by atoms with E-state index in [4.69, 9.17) is 0 Å². The number of hydrogen-bond donors (Lipinski definition) is 1. The molecule has 0 spiro atoms. The van der Waals surface area contributed by atoms with Crippen LogP contribution in [0.25, 0.3) is 0 Å². The lowest BCUT2D eigenvalue weighted by molar-refractivity contribution is -0.115. The van der Waals surface area contributed by atoms with E-state index in [2.05, 4.69) is 30.2 Å². The summed E-state index contributed by atoms with van der Waals surface area (Å²) in [6.07, 6.45) is 1.05. The fourth-order valence-corrected chi connectivity index (χ4v) is 4.07. The summed E-state index contributed by atoms with van der Waals surface area (Å²) >= 11 is 3.09. The van der Waals surface area contributed by atoms with Gasteiger partial charge >= 0.3 is 0 Å². The summed E-state index contributed by atoms with van der Waals surface area (Å²) in [7, 11) is 0. The molecule has 0 bridgehead atoms. The Morgan fingerprint density at radius 1 is 1.36 bits per heavy atom. The molecule has 1 N–H and O–H groups in total. The molecular formula is C17H22N2OS2. The van der Waals surface area contributed by atoms with E-state index in [1.54, 1.807) is 11.3 Å². The van der Waals surface area contributed by atoms with Gasteiger partial charge in [-0.1, -0.05) is 43.8 Å². The van der Waals surface area contributed by atoms with E-state index in [1.807, 2.05) is 37.4 Å². The van der Waals surface area contributed by atoms with Crippen molar-refractivity contribution < 1.29 is 4.79 Å². The number of anilines is 1. The van der Waals surface area contributed by atoms with E-state index in [0.29, 0.717) is 5.92 Å². The number of benzene rings is 1. The van der Waals surface area contributed by atoms with Crippen molar-refractivity contribution >= 4 is 34.7 Å². The molecule has 0 radical (unpaired) electrons. The monoisotopic (exact) mass is 334 g/mol. The van der Waals surface area contributed by atoms with Crippen LogP contribution in [0.15, 0.2) is 34.0 Å². The third kappa shape index (κ3) is 4.34. The Kier molecular flexibility index (Phi) is 6.03. The average molecular weight is 335 g/mol.